The first-order valence-electron chi connectivity index (χ1n) is 11.7. The Morgan fingerprint density at radius 3 is 2.76 bits per heavy atom. The number of carbonyl (C=O) groups excluding carboxylic acids is 3. The van der Waals surface area contributed by atoms with E-state index in [9.17, 15) is 14.4 Å². The predicted octanol–water partition coefficient (Wildman–Crippen LogP) is 3.25. The fourth-order valence-electron chi connectivity index (χ4n) is 5.24. The lowest BCUT2D eigenvalue weighted by Crippen LogP contribution is -2.46. The number of carbonyl (C=O) groups is 3. The van der Waals surface area contributed by atoms with Gasteiger partial charge in [0.1, 0.15) is 5.82 Å². The molecule has 2 saturated heterocycles. The highest BCUT2D eigenvalue weighted by atomic mass is 35.5. The van der Waals surface area contributed by atoms with Crippen LogP contribution >= 0.6 is 11.6 Å². The molecule has 2 aliphatic heterocycles. The second-order valence-electron chi connectivity index (χ2n) is 9.11. The number of hydrogen-bond donors (Lipinski definition) is 0. The van der Waals surface area contributed by atoms with Crippen molar-refractivity contribution < 1.29 is 19.1 Å². The van der Waals surface area contributed by atoms with Gasteiger partial charge in [0, 0.05) is 64.1 Å². The number of imide groups is 1. The number of methoxy groups -OCH3 is 1. The summed E-state index contributed by atoms with van der Waals surface area (Å²) in [7, 11) is 3.50. The summed E-state index contributed by atoms with van der Waals surface area (Å²) < 4.78 is 7.02. The van der Waals surface area contributed by atoms with E-state index in [-0.39, 0.29) is 43.1 Å². The number of aromatic nitrogens is 2. The molecule has 0 N–H and O–H groups in total. The summed E-state index contributed by atoms with van der Waals surface area (Å²) in [4.78, 5) is 48.2. The maximum Gasteiger partial charge on any atom is 0.240 e. The van der Waals surface area contributed by atoms with Gasteiger partial charge >= 0.3 is 0 Å². The molecule has 34 heavy (non-hydrogen) atoms. The Kier molecular flexibility index (Phi) is 7.38. The van der Waals surface area contributed by atoms with Gasteiger partial charge in [0.25, 0.3) is 0 Å². The van der Waals surface area contributed by atoms with Gasteiger partial charge in [0.15, 0.2) is 0 Å². The van der Waals surface area contributed by atoms with E-state index in [4.69, 9.17) is 16.3 Å². The molecule has 0 unspecified atom stereocenters. The van der Waals surface area contributed by atoms with Gasteiger partial charge in [-0.3, -0.25) is 19.3 Å². The van der Waals surface area contributed by atoms with Crippen LogP contribution in [0.15, 0.2) is 36.7 Å². The summed E-state index contributed by atoms with van der Waals surface area (Å²) in [6, 6.07) is 6.86. The van der Waals surface area contributed by atoms with Gasteiger partial charge in [-0.15, -0.1) is 0 Å². The van der Waals surface area contributed by atoms with E-state index in [1.54, 1.807) is 37.6 Å². The number of imidazole rings is 1. The molecule has 2 atom stereocenters. The number of rotatable bonds is 8. The highest BCUT2D eigenvalue weighted by Gasteiger charge is 2.55. The summed E-state index contributed by atoms with van der Waals surface area (Å²) in [6.07, 6.45) is 6.66. The Balaban J connectivity index is 1.67. The van der Waals surface area contributed by atoms with Gasteiger partial charge in [-0.05, 0) is 37.3 Å². The highest BCUT2D eigenvalue weighted by Crippen LogP contribution is 2.44. The molecule has 0 aliphatic carbocycles. The number of aryl methyl sites for hydroxylation is 1. The first kappa shape index (κ1) is 24.4. The molecule has 3 heterocycles. The molecule has 0 bridgehead atoms. The number of hydrogen-bond acceptors (Lipinski definition) is 5. The molecule has 1 aromatic heterocycles. The van der Waals surface area contributed by atoms with Crippen molar-refractivity contribution in [2.24, 2.45) is 7.05 Å². The molecule has 0 saturated carbocycles. The molecule has 9 heteroatoms. The zero-order valence-electron chi connectivity index (χ0n) is 19.7. The van der Waals surface area contributed by atoms with Gasteiger partial charge in [-0.25, -0.2) is 4.98 Å². The van der Waals surface area contributed by atoms with Crippen molar-refractivity contribution >= 4 is 29.3 Å². The monoisotopic (exact) mass is 486 g/mol. The van der Waals surface area contributed by atoms with Crippen molar-refractivity contribution in [2.75, 3.05) is 26.8 Å². The Morgan fingerprint density at radius 2 is 2.06 bits per heavy atom. The van der Waals surface area contributed by atoms with Gasteiger partial charge in [0.05, 0.1) is 11.5 Å². The minimum Gasteiger partial charge on any atom is -0.385 e. The molecule has 0 spiro atoms. The van der Waals surface area contributed by atoms with E-state index in [0.717, 1.165) is 25.1 Å². The van der Waals surface area contributed by atoms with E-state index >= 15 is 0 Å². The number of piperidine rings is 1. The van der Waals surface area contributed by atoms with E-state index in [1.165, 1.54) is 4.90 Å². The summed E-state index contributed by atoms with van der Waals surface area (Å²) >= 11 is 6.54. The summed E-state index contributed by atoms with van der Waals surface area (Å²) in [5.74, 6) is 0.0242. The van der Waals surface area contributed by atoms with Crippen molar-refractivity contribution in [3.8, 4) is 0 Å². The average molecular weight is 487 g/mol. The van der Waals surface area contributed by atoms with Crippen LogP contribution in [0.3, 0.4) is 0 Å². The summed E-state index contributed by atoms with van der Waals surface area (Å²) in [6.45, 7) is 1.29. The zero-order valence-corrected chi connectivity index (χ0v) is 20.5. The molecule has 182 valence electrons. The third-order valence-electron chi connectivity index (χ3n) is 6.96. The Morgan fingerprint density at radius 1 is 1.26 bits per heavy atom. The molecule has 3 amide bonds. The molecular weight excluding hydrogens is 456 g/mol. The standard InChI is InChI=1S/C25H31ClN4O4/c1-28-14-11-27-23(28)20-10-5-6-12-29(20)21(31)16-25(18-8-3-4-9-19(18)26)17-22(32)30(24(25)33)13-7-15-34-2/h3-4,8-9,11,14,20H,5-7,10,12-13,15-17H2,1-2H3/t20-,25-/m1/s1. The van der Waals surface area contributed by atoms with Crippen LogP contribution in [-0.4, -0.2) is 63.9 Å². The van der Waals surface area contributed by atoms with Crippen LogP contribution in [0, 0.1) is 0 Å². The van der Waals surface area contributed by atoms with Crippen LogP contribution in [0.2, 0.25) is 5.02 Å². The molecule has 2 fully saturated rings. The number of likely N-dealkylation sites (tertiary alicyclic amines) is 2. The van der Waals surface area contributed by atoms with Crippen molar-refractivity contribution in [2.45, 2.75) is 50.0 Å². The van der Waals surface area contributed by atoms with Crippen LogP contribution in [0.1, 0.15) is 56.0 Å². The Labute approximate surface area is 204 Å². The van der Waals surface area contributed by atoms with Crippen LogP contribution in [0.4, 0.5) is 0 Å². The smallest absolute Gasteiger partial charge is 0.240 e. The minimum absolute atomic E-state index is 0.0742. The van der Waals surface area contributed by atoms with Crippen LogP contribution in [0.5, 0.6) is 0 Å². The lowest BCUT2D eigenvalue weighted by molar-refractivity contribution is -0.144. The average Bonchev–Trinajstić information content (AvgIpc) is 3.36. The first-order chi connectivity index (χ1) is 16.4. The largest absolute Gasteiger partial charge is 0.385 e. The van der Waals surface area contributed by atoms with Crippen molar-refractivity contribution in [3.05, 3.63) is 53.1 Å². The van der Waals surface area contributed by atoms with Gasteiger partial charge < -0.3 is 14.2 Å². The third kappa shape index (κ3) is 4.49. The van der Waals surface area contributed by atoms with Crippen molar-refractivity contribution in [3.63, 3.8) is 0 Å². The molecule has 2 aliphatic rings. The summed E-state index contributed by atoms with van der Waals surface area (Å²) in [5.41, 5.74) is -0.786. The highest BCUT2D eigenvalue weighted by molar-refractivity contribution is 6.32. The molecule has 8 nitrogen and oxygen atoms in total. The second kappa shape index (κ2) is 10.3. The normalized spacial score (nSPS) is 23.1. The quantitative estimate of drug-likeness (QED) is 0.422. The lowest BCUT2D eigenvalue weighted by atomic mass is 9.75. The topological polar surface area (TPSA) is 84.7 Å². The Bertz CT molecular complexity index is 1070. The maximum atomic E-state index is 13.8. The van der Waals surface area contributed by atoms with Gasteiger partial charge in [-0.2, -0.15) is 0 Å². The first-order valence-corrected chi connectivity index (χ1v) is 12.1. The maximum absolute atomic E-state index is 13.8. The fourth-order valence-corrected chi connectivity index (χ4v) is 5.56. The number of ether oxygens (including phenoxy) is 1. The fraction of sp³-hybridized carbons (Fsp3) is 0.520. The molecule has 0 radical (unpaired) electrons. The number of benzene rings is 1. The van der Waals surface area contributed by atoms with Crippen LogP contribution in [0.25, 0.3) is 0 Å². The third-order valence-corrected chi connectivity index (χ3v) is 7.29. The second-order valence-corrected chi connectivity index (χ2v) is 9.51. The zero-order chi connectivity index (χ0) is 24.3. The van der Waals surface area contributed by atoms with Crippen molar-refractivity contribution in [1.82, 2.24) is 19.4 Å². The Hall–Kier alpha value is -2.71. The molecular formula is C25H31ClN4O4. The molecule has 1 aromatic carbocycles. The summed E-state index contributed by atoms with van der Waals surface area (Å²) in [5, 5.41) is 0.384. The van der Waals surface area contributed by atoms with Crippen LogP contribution < -0.4 is 0 Å². The number of nitrogens with zero attached hydrogens (tertiary/aromatic N) is 4. The SMILES string of the molecule is COCCCN1C(=O)C[C@](CC(=O)N2CCCC[C@@H]2c2nccn2C)(c2ccccc2Cl)C1=O. The van der Waals surface area contributed by atoms with Gasteiger partial charge in [-0.1, -0.05) is 29.8 Å². The lowest BCUT2D eigenvalue weighted by Gasteiger charge is -2.37. The van der Waals surface area contributed by atoms with Crippen LogP contribution in [-0.2, 0) is 31.6 Å². The number of amides is 3. The van der Waals surface area contributed by atoms with Crippen molar-refractivity contribution in [1.29, 1.82) is 0 Å². The van der Waals surface area contributed by atoms with E-state index in [2.05, 4.69) is 4.98 Å². The van der Waals surface area contributed by atoms with Gasteiger partial charge in [0.2, 0.25) is 17.7 Å². The van der Waals surface area contributed by atoms with E-state index in [0.29, 0.717) is 30.2 Å². The number of halogens is 1. The minimum atomic E-state index is -1.32. The van der Waals surface area contributed by atoms with E-state index in [1.807, 2.05) is 22.7 Å². The molecule has 2 aromatic rings. The molecule has 4 rings (SSSR count). The van der Waals surface area contributed by atoms with E-state index < -0.39 is 5.41 Å². The predicted molar refractivity (Wildman–Crippen MR) is 127 cm³/mol.